The number of nitrogens with zero attached hydrogens (tertiary/aromatic N) is 2. The minimum absolute atomic E-state index is 0.0577. The van der Waals surface area contributed by atoms with E-state index in [1.165, 1.54) is 11.3 Å². The van der Waals surface area contributed by atoms with Gasteiger partial charge in [-0.1, -0.05) is 20.3 Å². The molecule has 1 rings (SSSR count). The molecule has 0 fully saturated rings. The molecule has 1 unspecified atom stereocenters. The van der Waals surface area contributed by atoms with Crippen LogP contribution in [0.4, 0.5) is 0 Å². The third-order valence-corrected chi connectivity index (χ3v) is 4.17. The maximum atomic E-state index is 12.5. The predicted octanol–water partition coefficient (Wildman–Crippen LogP) is 2.69. The van der Waals surface area contributed by atoms with Crippen LogP contribution in [0.2, 0.25) is 0 Å². The first-order chi connectivity index (χ1) is 9.13. The average molecular weight is 283 g/mol. The lowest BCUT2D eigenvalue weighted by molar-refractivity contribution is 0.0680. The molecule has 0 aliphatic rings. The molecule has 2 N–H and O–H groups in total. The number of hydrogen-bond donors (Lipinski definition) is 1. The van der Waals surface area contributed by atoms with Crippen molar-refractivity contribution in [3.05, 3.63) is 16.1 Å². The summed E-state index contributed by atoms with van der Waals surface area (Å²) in [5.41, 5.74) is 6.09. The van der Waals surface area contributed by atoms with Crippen LogP contribution in [0.25, 0.3) is 0 Å². The highest BCUT2D eigenvalue weighted by atomic mass is 32.1. The van der Waals surface area contributed by atoms with Gasteiger partial charge in [0.2, 0.25) is 0 Å². The smallest absolute Gasteiger partial charge is 0.273 e. The van der Waals surface area contributed by atoms with Gasteiger partial charge in [0.1, 0.15) is 5.69 Å². The lowest BCUT2D eigenvalue weighted by Gasteiger charge is -2.27. The van der Waals surface area contributed by atoms with Crippen molar-refractivity contribution in [2.24, 2.45) is 5.73 Å². The van der Waals surface area contributed by atoms with Crippen LogP contribution in [-0.2, 0) is 6.42 Å². The van der Waals surface area contributed by atoms with Crippen molar-refractivity contribution < 1.29 is 4.79 Å². The van der Waals surface area contributed by atoms with E-state index in [9.17, 15) is 4.79 Å². The van der Waals surface area contributed by atoms with Gasteiger partial charge in [-0.3, -0.25) is 4.79 Å². The number of aromatic nitrogens is 1. The number of amides is 1. The number of unbranched alkanes of at least 4 members (excludes halogenated alkanes) is 1. The van der Waals surface area contributed by atoms with Crippen molar-refractivity contribution in [2.75, 3.05) is 13.1 Å². The van der Waals surface area contributed by atoms with Crippen molar-refractivity contribution in [3.8, 4) is 0 Å². The van der Waals surface area contributed by atoms with Gasteiger partial charge in [-0.2, -0.15) is 0 Å². The minimum Gasteiger partial charge on any atom is -0.335 e. The van der Waals surface area contributed by atoms with E-state index in [0.717, 1.165) is 37.2 Å². The van der Waals surface area contributed by atoms with Crippen LogP contribution in [0.1, 0.15) is 55.5 Å². The van der Waals surface area contributed by atoms with Crippen LogP contribution in [-0.4, -0.2) is 34.9 Å². The van der Waals surface area contributed by atoms with Gasteiger partial charge in [0.15, 0.2) is 0 Å². The molecule has 0 saturated heterocycles. The summed E-state index contributed by atoms with van der Waals surface area (Å²) in [4.78, 5) is 18.8. The second kappa shape index (κ2) is 8.27. The van der Waals surface area contributed by atoms with E-state index in [-0.39, 0.29) is 11.9 Å². The van der Waals surface area contributed by atoms with Gasteiger partial charge >= 0.3 is 0 Å². The second-order valence-electron chi connectivity index (χ2n) is 4.77. The first-order valence-corrected chi connectivity index (χ1v) is 7.97. The van der Waals surface area contributed by atoms with E-state index >= 15 is 0 Å². The number of rotatable bonds is 8. The fourth-order valence-corrected chi connectivity index (χ4v) is 2.65. The monoisotopic (exact) mass is 283 g/mol. The summed E-state index contributed by atoms with van der Waals surface area (Å²) < 4.78 is 0. The SMILES string of the molecule is CCCCN(C(=O)c1csc(CCN)n1)C(C)CC. The van der Waals surface area contributed by atoms with Crippen LogP contribution < -0.4 is 5.73 Å². The molecule has 5 heteroatoms. The van der Waals surface area contributed by atoms with Crippen LogP contribution >= 0.6 is 11.3 Å². The van der Waals surface area contributed by atoms with E-state index in [1.54, 1.807) is 0 Å². The van der Waals surface area contributed by atoms with Crippen molar-refractivity contribution >= 4 is 17.2 Å². The summed E-state index contributed by atoms with van der Waals surface area (Å²) in [6.07, 6.45) is 3.84. The Balaban J connectivity index is 2.78. The van der Waals surface area contributed by atoms with E-state index in [2.05, 4.69) is 25.8 Å². The Morgan fingerprint density at radius 1 is 1.53 bits per heavy atom. The average Bonchev–Trinajstić information content (AvgIpc) is 2.87. The molecule has 1 aromatic heterocycles. The summed E-state index contributed by atoms with van der Waals surface area (Å²) in [7, 11) is 0. The summed E-state index contributed by atoms with van der Waals surface area (Å²) in [6, 6.07) is 0.263. The molecule has 0 radical (unpaired) electrons. The van der Waals surface area contributed by atoms with Crippen LogP contribution in [0.5, 0.6) is 0 Å². The topological polar surface area (TPSA) is 59.2 Å². The maximum absolute atomic E-state index is 12.5. The van der Waals surface area contributed by atoms with Gasteiger partial charge in [0, 0.05) is 24.4 Å². The maximum Gasteiger partial charge on any atom is 0.273 e. The highest BCUT2D eigenvalue weighted by molar-refractivity contribution is 7.09. The van der Waals surface area contributed by atoms with Crippen molar-refractivity contribution in [2.45, 2.75) is 52.5 Å². The molecule has 1 atom stereocenters. The van der Waals surface area contributed by atoms with Crippen LogP contribution in [0.3, 0.4) is 0 Å². The largest absolute Gasteiger partial charge is 0.335 e. The van der Waals surface area contributed by atoms with Gasteiger partial charge in [-0.25, -0.2) is 4.98 Å². The highest BCUT2D eigenvalue weighted by Crippen LogP contribution is 2.15. The standard InChI is InChI=1S/C14H25N3OS/c1-4-6-9-17(11(3)5-2)14(18)12-10-19-13(16-12)7-8-15/h10-11H,4-9,15H2,1-3H3. The van der Waals surface area contributed by atoms with Gasteiger partial charge in [0.25, 0.3) is 5.91 Å². The molecule has 108 valence electrons. The normalized spacial score (nSPS) is 12.4. The number of thiazole rings is 1. The Labute approximate surface area is 120 Å². The first-order valence-electron chi connectivity index (χ1n) is 7.09. The predicted molar refractivity (Wildman–Crippen MR) is 80.6 cm³/mol. The van der Waals surface area contributed by atoms with Gasteiger partial charge in [-0.05, 0) is 26.3 Å². The van der Waals surface area contributed by atoms with Crippen molar-refractivity contribution in [3.63, 3.8) is 0 Å². The molecule has 0 aliphatic carbocycles. The highest BCUT2D eigenvalue weighted by Gasteiger charge is 2.22. The molecule has 19 heavy (non-hydrogen) atoms. The quantitative estimate of drug-likeness (QED) is 0.798. The third kappa shape index (κ3) is 4.58. The van der Waals surface area contributed by atoms with Crippen molar-refractivity contribution in [1.29, 1.82) is 0 Å². The number of carbonyl (C=O) groups excluding carboxylic acids is 1. The molecule has 1 amide bonds. The Hall–Kier alpha value is -0.940. The Morgan fingerprint density at radius 3 is 2.84 bits per heavy atom. The summed E-state index contributed by atoms with van der Waals surface area (Å²) in [6.45, 7) is 7.74. The lowest BCUT2D eigenvalue weighted by Crippen LogP contribution is -2.39. The fraction of sp³-hybridized carbons (Fsp3) is 0.714. The Bertz CT molecular complexity index is 392. The first kappa shape index (κ1) is 16.1. The minimum atomic E-state index is 0.0577. The summed E-state index contributed by atoms with van der Waals surface area (Å²) in [5, 5.41) is 2.81. The molecule has 1 heterocycles. The zero-order valence-corrected chi connectivity index (χ0v) is 13.0. The summed E-state index contributed by atoms with van der Waals surface area (Å²) >= 11 is 1.52. The van der Waals surface area contributed by atoms with Crippen molar-refractivity contribution in [1.82, 2.24) is 9.88 Å². The molecule has 0 aromatic carbocycles. The molecule has 4 nitrogen and oxygen atoms in total. The Kier molecular flexibility index (Phi) is 7.02. The van der Waals surface area contributed by atoms with Gasteiger partial charge in [0.05, 0.1) is 5.01 Å². The molecular weight excluding hydrogens is 258 g/mol. The molecule has 0 aliphatic heterocycles. The second-order valence-corrected chi connectivity index (χ2v) is 5.72. The van der Waals surface area contributed by atoms with Crippen LogP contribution in [0.15, 0.2) is 5.38 Å². The number of hydrogen-bond acceptors (Lipinski definition) is 4. The summed E-state index contributed by atoms with van der Waals surface area (Å²) in [5.74, 6) is 0.0577. The van der Waals surface area contributed by atoms with Crippen LogP contribution in [0, 0.1) is 0 Å². The van der Waals surface area contributed by atoms with Gasteiger partial charge in [-0.15, -0.1) is 11.3 Å². The zero-order chi connectivity index (χ0) is 14.3. The van der Waals surface area contributed by atoms with E-state index in [4.69, 9.17) is 5.73 Å². The van der Waals surface area contributed by atoms with E-state index < -0.39 is 0 Å². The third-order valence-electron chi connectivity index (χ3n) is 3.27. The fourth-order valence-electron chi connectivity index (χ4n) is 1.87. The molecule has 0 bridgehead atoms. The lowest BCUT2D eigenvalue weighted by atomic mass is 10.2. The zero-order valence-electron chi connectivity index (χ0n) is 12.2. The molecular formula is C14H25N3OS. The Morgan fingerprint density at radius 2 is 2.26 bits per heavy atom. The van der Waals surface area contributed by atoms with E-state index in [1.807, 2.05) is 10.3 Å². The van der Waals surface area contributed by atoms with Gasteiger partial charge < -0.3 is 10.6 Å². The number of carbonyl (C=O) groups is 1. The van der Waals surface area contributed by atoms with E-state index in [0.29, 0.717) is 12.2 Å². The number of nitrogens with two attached hydrogens (primary N) is 1. The molecule has 1 aromatic rings. The molecule has 0 saturated carbocycles. The molecule has 0 spiro atoms.